The summed E-state index contributed by atoms with van der Waals surface area (Å²) in [7, 11) is 2.05. The number of aliphatic hydroxyl groups excluding tert-OH is 1. The molecule has 0 aliphatic rings. The van der Waals surface area contributed by atoms with Gasteiger partial charge in [-0.25, -0.2) is 4.98 Å². The molecule has 0 saturated heterocycles. The highest BCUT2D eigenvalue weighted by atomic mass is 16.3. The number of nitrogens with zero attached hydrogens (tertiary/aromatic N) is 2. The summed E-state index contributed by atoms with van der Waals surface area (Å²) in [6.45, 7) is 10.6. The predicted octanol–water partition coefficient (Wildman–Crippen LogP) is 3.01. The number of hydrogen-bond acceptors (Lipinski definition) is 3. The van der Waals surface area contributed by atoms with Crippen molar-refractivity contribution < 1.29 is 5.11 Å². The molecule has 17 heavy (non-hydrogen) atoms. The molecule has 1 heterocycles. The first-order valence-electron chi connectivity index (χ1n) is 6.10. The van der Waals surface area contributed by atoms with Crippen molar-refractivity contribution in [1.29, 1.82) is 0 Å². The quantitative estimate of drug-likeness (QED) is 0.876. The van der Waals surface area contributed by atoms with Gasteiger partial charge in [-0.2, -0.15) is 0 Å². The van der Waals surface area contributed by atoms with Crippen molar-refractivity contribution >= 4 is 5.82 Å². The predicted molar refractivity (Wildman–Crippen MR) is 72.2 cm³/mol. The summed E-state index contributed by atoms with van der Waals surface area (Å²) in [6.07, 6.45) is 1.30. The van der Waals surface area contributed by atoms with E-state index in [4.69, 9.17) is 0 Å². The van der Waals surface area contributed by atoms with Gasteiger partial charge >= 0.3 is 0 Å². The molecule has 0 aromatic carbocycles. The summed E-state index contributed by atoms with van der Waals surface area (Å²) in [6, 6.07) is 4.18. The molecule has 1 N–H and O–H groups in total. The maximum absolute atomic E-state index is 9.58. The van der Waals surface area contributed by atoms with Crippen LogP contribution in [0.1, 0.15) is 46.3 Å². The van der Waals surface area contributed by atoms with E-state index >= 15 is 0 Å². The zero-order valence-corrected chi connectivity index (χ0v) is 11.7. The Hall–Kier alpha value is -1.09. The second-order valence-corrected chi connectivity index (χ2v) is 5.78. The monoisotopic (exact) mass is 236 g/mol. The molecule has 0 spiro atoms. The molecule has 96 valence electrons. The van der Waals surface area contributed by atoms with Gasteiger partial charge in [0, 0.05) is 19.3 Å². The van der Waals surface area contributed by atoms with Gasteiger partial charge < -0.3 is 10.0 Å². The Morgan fingerprint density at radius 1 is 1.29 bits per heavy atom. The molecule has 0 amide bonds. The van der Waals surface area contributed by atoms with Crippen LogP contribution in [0.3, 0.4) is 0 Å². The summed E-state index contributed by atoms with van der Waals surface area (Å²) >= 11 is 0. The van der Waals surface area contributed by atoms with Gasteiger partial charge in [-0.15, -0.1) is 0 Å². The third kappa shape index (κ3) is 3.43. The molecule has 0 aliphatic heterocycles. The Bertz CT molecular complexity index is 369. The molecule has 1 unspecified atom stereocenters. The molecule has 0 fully saturated rings. The highest BCUT2D eigenvalue weighted by molar-refractivity contribution is 5.42. The molecular weight excluding hydrogens is 212 g/mol. The van der Waals surface area contributed by atoms with Crippen molar-refractivity contribution in [3.8, 4) is 0 Å². The van der Waals surface area contributed by atoms with E-state index in [0.29, 0.717) is 6.04 Å². The van der Waals surface area contributed by atoms with Crippen LogP contribution >= 0.6 is 0 Å². The molecule has 3 nitrogen and oxygen atoms in total. The lowest BCUT2D eigenvalue weighted by atomic mass is 9.87. The average Bonchev–Trinajstić information content (AvgIpc) is 2.26. The van der Waals surface area contributed by atoms with E-state index in [1.54, 1.807) is 13.1 Å². The standard InChI is InChI=1S/C14H24N2O/c1-10(17)12-7-8-15-13(9-12)16(6)11(2)14(3,4)5/h7-11,17H,1-6H3/t10-,11?/m1/s1. The number of aromatic nitrogens is 1. The lowest BCUT2D eigenvalue weighted by Crippen LogP contribution is -2.39. The van der Waals surface area contributed by atoms with Crippen LogP contribution in [-0.2, 0) is 0 Å². The van der Waals surface area contributed by atoms with Gasteiger partial charge in [0.1, 0.15) is 5.82 Å². The highest BCUT2D eigenvalue weighted by Gasteiger charge is 2.24. The van der Waals surface area contributed by atoms with Crippen LogP contribution < -0.4 is 4.90 Å². The number of pyridine rings is 1. The number of aliphatic hydroxyl groups is 1. The third-order valence-corrected chi connectivity index (χ3v) is 3.45. The van der Waals surface area contributed by atoms with Crippen molar-refractivity contribution in [3.63, 3.8) is 0 Å². The summed E-state index contributed by atoms with van der Waals surface area (Å²) in [5.74, 6) is 0.908. The Kier molecular flexibility index (Phi) is 4.15. The zero-order valence-electron chi connectivity index (χ0n) is 11.7. The third-order valence-electron chi connectivity index (χ3n) is 3.45. The van der Waals surface area contributed by atoms with Gasteiger partial charge in [-0.1, -0.05) is 20.8 Å². The van der Waals surface area contributed by atoms with E-state index < -0.39 is 6.10 Å². The molecule has 3 heteroatoms. The fourth-order valence-corrected chi connectivity index (χ4v) is 1.67. The Morgan fingerprint density at radius 3 is 2.35 bits per heavy atom. The number of hydrogen-bond donors (Lipinski definition) is 1. The van der Waals surface area contributed by atoms with Crippen LogP contribution in [0.5, 0.6) is 0 Å². The van der Waals surface area contributed by atoms with Gasteiger partial charge in [-0.3, -0.25) is 0 Å². The average molecular weight is 236 g/mol. The van der Waals surface area contributed by atoms with Crippen LogP contribution in [0.15, 0.2) is 18.3 Å². The lowest BCUT2D eigenvalue weighted by Gasteiger charge is -2.36. The lowest BCUT2D eigenvalue weighted by molar-refractivity contribution is 0.199. The van der Waals surface area contributed by atoms with E-state index in [-0.39, 0.29) is 5.41 Å². The second kappa shape index (κ2) is 5.05. The van der Waals surface area contributed by atoms with Crippen molar-refractivity contribution in [3.05, 3.63) is 23.9 Å². The zero-order chi connectivity index (χ0) is 13.2. The van der Waals surface area contributed by atoms with Crippen molar-refractivity contribution in [2.75, 3.05) is 11.9 Å². The molecule has 0 bridgehead atoms. The van der Waals surface area contributed by atoms with Crippen LogP contribution in [0, 0.1) is 5.41 Å². The Balaban J connectivity index is 2.96. The van der Waals surface area contributed by atoms with Gasteiger partial charge in [0.15, 0.2) is 0 Å². The minimum absolute atomic E-state index is 0.192. The van der Waals surface area contributed by atoms with Gasteiger partial charge in [0.25, 0.3) is 0 Å². The minimum atomic E-state index is -0.449. The van der Waals surface area contributed by atoms with E-state index in [0.717, 1.165) is 11.4 Å². The van der Waals surface area contributed by atoms with Crippen LogP contribution in [0.2, 0.25) is 0 Å². The van der Waals surface area contributed by atoms with Gasteiger partial charge in [0.05, 0.1) is 6.10 Å². The molecule has 0 saturated carbocycles. The fraction of sp³-hybridized carbons (Fsp3) is 0.643. The first-order valence-corrected chi connectivity index (χ1v) is 6.10. The van der Waals surface area contributed by atoms with Crippen LogP contribution in [0.4, 0.5) is 5.82 Å². The van der Waals surface area contributed by atoms with Crippen molar-refractivity contribution in [1.82, 2.24) is 4.98 Å². The fourth-order valence-electron chi connectivity index (χ4n) is 1.67. The molecule has 1 rings (SSSR count). The largest absolute Gasteiger partial charge is 0.389 e. The van der Waals surface area contributed by atoms with Crippen molar-refractivity contribution in [2.45, 2.75) is 46.8 Å². The number of anilines is 1. The maximum atomic E-state index is 9.58. The smallest absolute Gasteiger partial charge is 0.128 e. The summed E-state index contributed by atoms with van der Waals surface area (Å²) in [4.78, 5) is 6.53. The van der Waals surface area contributed by atoms with Crippen molar-refractivity contribution in [2.24, 2.45) is 5.41 Å². The van der Waals surface area contributed by atoms with E-state index in [2.05, 4.69) is 37.6 Å². The maximum Gasteiger partial charge on any atom is 0.128 e. The first kappa shape index (κ1) is 14.0. The van der Waals surface area contributed by atoms with Gasteiger partial charge in [0.2, 0.25) is 0 Å². The van der Waals surface area contributed by atoms with E-state index in [1.165, 1.54) is 0 Å². The van der Waals surface area contributed by atoms with E-state index in [9.17, 15) is 5.11 Å². The molecule has 0 radical (unpaired) electrons. The first-order chi connectivity index (χ1) is 7.73. The van der Waals surface area contributed by atoms with Crippen LogP contribution in [0.25, 0.3) is 0 Å². The van der Waals surface area contributed by atoms with Crippen LogP contribution in [-0.4, -0.2) is 23.2 Å². The summed E-state index contributed by atoms with van der Waals surface area (Å²) < 4.78 is 0. The molecule has 1 aromatic rings. The molecule has 0 aliphatic carbocycles. The summed E-state index contributed by atoms with van der Waals surface area (Å²) in [5.41, 5.74) is 1.10. The van der Waals surface area contributed by atoms with Gasteiger partial charge in [-0.05, 0) is 37.0 Å². The molecular formula is C14H24N2O. The highest BCUT2D eigenvalue weighted by Crippen LogP contribution is 2.27. The minimum Gasteiger partial charge on any atom is -0.389 e. The van der Waals surface area contributed by atoms with E-state index in [1.807, 2.05) is 19.2 Å². The second-order valence-electron chi connectivity index (χ2n) is 5.78. The normalized spacial score (nSPS) is 15.5. The SMILES string of the molecule is CC(N(C)c1cc([C@@H](C)O)ccn1)C(C)(C)C. The molecule has 2 atom stereocenters. The Labute approximate surface area is 104 Å². The summed E-state index contributed by atoms with van der Waals surface area (Å²) in [5, 5.41) is 9.58. The molecule has 1 aromatic heterocycles. The topological polar surface area (TPSA) is 36.4 Å². The Morgan fingerprint density at radius 2 is 1.88 bits per heavy atom. The number of rotatable bonds is 3.